The van der Waals surface area contributed by atoms with Crippen LogP contribution in [-0.4, -0.2) is 34.4 Å². The summed E-state index contributed by atoms with van der Waals surface area (Å²) >= 11 is 0. The van der Waals surface area contributed by atoms with Crippen LogP contribution in [0.2, 0.25) is 0 Å². The highest BCUT2D eigenvalue weighted by atomic mass is 16.3. The molecule has 0 spiro atoms. The largest absolute Gasteiger partial charge is 0.396 e. The molecule has 0 saturated heterocycles. The van der Waals surface area contributed by atoms with Crippen LogP contribution >= 0.6 is 0 Å². The van der Waals surface area contributed by atoms with Crippen LogP contribution in [0.4, 0.5) is 0 Å². The van der Waals surface area contributed by atoms with Gasteiger partial charge in [-0.3, -0.25) is 11.5 Å². The Morgan fingerprint density at radius 3 is 1.56 bits per heavy atom. The summed E-state index contributed by atoms with van der Waals surface area (Å²) in [4.78, 5) is 0. The molecular weight excluding hydrogens is 124 g/mol. The summed E-state index contributed by atoms with van der Waals surface area (Å²) in [5, 5.41) is 25.5. The van der Waals surface area contributed by atoms with Crippen LogP contribution in [0.25, 0.3) is 0 Å². The van der Waals surface area contributed by atoms with E-state index in [2.05, 4.69) is 0 Å². The number of rotatable bonds is 3. The third-order valence-electron chi connectivity index (χ3n) is 1.09. The SMILES string of the molecule is NC(N)(O)C(CO)CO. The van der Waals surface area contributed by atoms with Gasteiger partial charge in [0.25, 0.3) is 0 Å². The highest BCUT2D eigenvalue weighted by molar-refractivity contribution is 4.71. The standard InChI is InChI=1S/C4H12N2O3/c5-4(6,9)3(1-7)2-8/h3,7-9H,1-2,5-6H2. The first kappa shape index (κ1) is 8.80. The number of nitrogens with two attached hydrogens (primary N) is 2. The lowest BCUT2D eigenvalue weighted by Crippen LogP contribution is -2.57. The zero-order valence-electron chi connectivity index (χ0n) is 4.99. The van der Waals surface area contributed by atoms with Gasteiger partial charge in [-0.05, 0) is 0 Å². The van der Waals surface area contributed by atoms with E-state index in [4.69, 9.17) is 26.8 Å². The number of aliphatic hydroxyl groups excluding tert-OH is 2. The fourth-order valence-corrected chi connectivity index (χ4v) is 0.350. The smallest absolute Gasteiger partial charge is 0.174 e. The summed E-state index contributed by atoms with van der Waals surface area (Å²) in [6, 6.07) is 0. The average molecular weight is 136 g/mol. The molecular formula is C4H12N2O3. The Kier molecular flexibility index (Phi) is 3.02. The first-order chi connectivity index (χ1) is 4.02. The molecule has 0 fully saturated rings. The van der Waals surface area contributed by atoms with Gasteiger partial charge in [0.2, 0.25) is 0 Å². The Morgan fingerprint density at radius 1 is 1.22 bits per heavy atom. The molecule has 56 valence electrons. The molecule has 0 unspecified atom stereocenters. The lowest BCUT2D eigenvalue weighted by molar-refractivity contribution is -0.0509. The fraction of sp³-hybridized carbons (Fsp3) is 1.00. The molecule has 0 aliphatic carbocycles. The van der Waals surface area contributed by atoms with Crippen LogP contribution in [0.1, 0.15) is 0 Å². The van der Waals surface area contributed by atoms with Crippen molar-refractivity contribution < 1.29 is 15.3 Å². The summed E-state index contributed by atoms with van der Waals surface area (Å²) in [7, 11) is 0. The van der Waals surface area contributed by atoms with Crippen LogP contribution < -0.4 is 11.5 Å². The van der Waals surface area contributed by atoms with Crippen LogP contribution in [0.5, 0.6) is 0 Å². The quantitative estimate of drug-likeness (QED) is 0.268. The molecule has 0 aliphatic rings. The minimum Gasteiger partial charge on any atom is -0.396 e. The Labute approximate surface area is 52.9 Å². The second-order valence-electron chi connectivity index (χ2n) is 1.95. The van der Waals surface area contributed by atoms with E-state index in [9.17, 15) is 0 Å². The molecule has 5 heteroatoms. The van der Waals surface area contributed by atoms with E-state index >= 15 is 0 Å². The fourth-order valence-electron chi connectivity index (χ4n) is 0.350. The monoisotopic (exact) mass is 136 g/mol. The van der Waals surface area contributed by atoms with Crippen molar-refractivity contribution in [2.24, 2.45) is 17.4 Å². The molecule has 0 aliphatic heterocycles. The summed E-state index contributed by atoms with van der Waals surface area (Å²) in [6.45, 7) is -0.861. The van der Waals surface area contributed by atoms with Crippen LogP contribution in [0.3, 0.4) is 0 Å². The summed E-state index contributed by atoms with van der Waals surface area (Å²) < 4.78 is 0. The minimum atomic E-state index is -1.98. The first-order valence-electron chi connectivity index (χ1n) is 2.54. The van der Waals surface area contributed by atoms with Gasteiger partial charge in [-0.1, -0.05) is 0 Å². The van der Waals surface area contributed by atoms with Crippen molar-refractivity contribution in [2.75, 3.05) is 13.2 Å². The topological polar surface area (TPSA) is 113 Å². The van der Waals surface area contributed by atoms with Crippen molar-refractivity contribution in [3.05, 3.63) is 0 Å². The number of hydrogen-bond acceptors (Lipinski definition) is 5. The molecule has 0 saturated carbocycles. The van der Waals surface area contributed by atoms with E-state index in [1.807, 2.05) is 0 Å². The molecule has 9 heavy (non-hydrogen) atoms. The van der Waals surface area contributed by atoms with Crippen LogP contribution in [0.15, 0.2) is 0 Å². The molecule has 0 radical (unpaired) electrons. The molecule has 5 nitrogen and oxygen atoms in total. The van der Waals surface area contributed by atoms with Gasteiger partial charge in [-0.2, -0.15) is 0 Å². The van der Waals surface area contributed by atoms with Gasteiger partial charge in [0.1, 0.15) is 0 Å². The van der Waals surface area contributed by atoms with Gasteiger partial charge < -0.3 is 15.3 Å². The van der Waals surface area contributed by atoms with Gasteiger partial charge in [0.05, 0.1) is 19.1 Å². The molecule has 0 atom stereocenters. The summed E-state index contributed by atoms with van der Waals surface area (Å²) in [5.41, 5.74) is 9.83. The molecule has 0 aromatic rings. The van der Waals surface area contributed by atoms with E-state index in [0.29, 0.717) is 0 Å². The van der Waals surface area contributed by atoms with Gasteiger partial charge in [-0.15, -0.1) is 0 Å². The molecule has 0 bridgehead atoms. The predicted octanol–water partition coefficient (Wildman–Crippen LogP) is -2.85. The maximum Gasteiger partial charge on any atom is 0.174 e. The first-order valence-corrected chi connectivity index (χ1v) is 2.54. The Morgan fingerprint density at radius 2 is 1.56 bits per heavy atom. The molecule has 0 aromatic heterocycles. The maximum absolute atomic E-state index is 8.71. The number of aliphatic hydroxyl groups is 3. The van der Waals surface area contributed by atoms with Crippen molar-refractivity contribution in [3.8, 4) is 0 Å². The van der Waals surface area contributed by atoms with Gasteiger partial charge in [-0.25, -0.2) is 0 Å². The summed E-state index contributed by atoms with van der Waals surface area (Å²) in [6.07, 6.45) is 0. The van der Waals surface area contributed by atoms with E-state index in [1.165, 1.54) is 0 Å². The van der Waals surface area contributed by atoms with E-state index in [1.54, 1.807) is 0 Å². The molecule has 0 heterocycles. The third-order valence-corrected chi connectivity index (χ3v) is 1.09. The van der Waals surface area contributed by atoms with Gasteiger partial charge >= 0.3 is 0 Å². The van der Waals surface area contributed by atoms with Crippen molar-refractivity contribution in [1.82, 2.24) is 0 Å². The summed E-state index contributed by atoms with van der Waals surface area (Å²) in [5.74, 6) is -2.86. The second-order valence-corrected chi connectivity index (χ2v) is 1.95. The van der Waals surface area contributed by atoms with Crippen molar-refractivity contribution >= 4 is 0 Å². The van der Waals surface area contributed by atoms with E-state index < -0.39 is 25.0 Å². The zero-order chi connectivity index (χ0) is 7.49. The zero-order valence-corrected chi connectivity index (χ0v) is 4.99. The van der Waals surface area contributed by atoms with E-state index in [-0.39, 0.29) is 0 Å². The Hall–Kier alpha value is -0.200. The van der Waals surface area contributed by atoms with Crippen molar-refractivity contribution in [3.63, 3.8) is 0 Å². The molecule has 0 amide bonds. The second kappa shape index (κ2) is 3.09. The maximum atomic E-state index is 8.71. The Balaban J connectivity index is 3.79. The lowest BCUT2D eigenvalue weighted by atomic mass is 10.1. The lowest BCUT2D eigenvalue weighted by Gasteiger charge is -2.24. The average Bonchev–Trinajstić information content (AvgIpc) is 1.65. The normalized spacial score (nSPS) is 12.7. The van der Waals surface area contributed by atoms with Gasteiger partial charge in [0.15, 0.2) is 5.85 Å². The van der Waals surface area contributed by atoms with Gasteiger partial charge in [0, 0.05) is 0 Å². The highest BCUT2D eigenvalue weighted by Gasteiger charge is 2.26. The highest BCUT2D eigenvalue weighted by Crippen LogP contribution is 2.02. The third kappa shape index (κ3) is 2.73. The Bertz CT molecular complexity index is 76.4. The van der Waals surface area contributed by atoms with E-state index in [0.717, 1.165) is 0 Å². The molecule has 0 aromatic carbocycles. The predicted molar refractivity (Wildman–Crippen MR) is 31.0 cm³/mol. The van der Waals surface area contributed by atoms with Crippen LogP contribution in [0, 0.1) is 5.92 Å². The van der Waals surface area contributed by atoms with Crippen molar-refractivity contribution in [1.29, 1.82) is 0 Å². The molecule has 7 N–H and O–H groups in total. The van der Waals surface area contributed by atoms with Crippen molar-refractivity contribution in [2.45, 2.75) is 5.85 Å². The molecule has 0 rings (SSSR count). The minimum absolute atomic E-state index is 0.431. The number of hydrogen-bond donors (Lipinski definition) is 5. The van der Waals surface area contributed by atoms with Crippen LogP contribution in [-0.2, 0) is 0 Å².